The van der Waals surface area contributed by atoms with E-state index in [0.717, 1.165) is 30.0 Å². The minimum Gasteiger partial charge on any atom is -0.316 e. The fourth-order valence-electron chi connectivity index (χ4n) is 2.41. The summed E-state index contributed by atoms with van der Waals surface area (Å²) in [5, 5.41) is 3.41. The molecular weight excluding hydrogens is 222 g/mol. The first-order valence-electron chi connectivity index (χ1n) is 6.51. The first kappa shape index (κ1) is 11.4. The Hall–Kier alpha value is -1.74. The molecule has 1 N–H and O–H groups in total. The van der Waals surface area contributed by atoms with Gasteiger partial charge in [-0.1, -0.05) is 30.3 Å². The van der Waals surface area contributed by atoms with Crippen LogP contribution in [-0.4, -0.2) is 23.1 Å². The molecule has 1 aromatic heterocycles. The van der Waals surface area contributed by atoms with Crippen molar-refractivity contribution in [2.24, 2.45) is 0 Å². The van der Waals surface area contributed by atoms with Crippen LogP contribution in [0.25, 0.3) is 11.3 Å². The third kappa shape index (κ3) is 2.41. The first-order valence-corrected chi connectivity index (χ1v) is 6.51. The van der Waals surface area contributed by atoms with Crippen LogP contribution in [-0.2, 0) is 0 Å². The monoisotopic (exact) mass is 239 g/mol. The molecule has 1 saturated heterocycles. The van der Waals surface area contributed by atoms with Gasteiger partial charge in [-0.3, -0.25) is 9.97 Å². The predicted octanol–water partition coefficient (Wildman–Crippen LogP) is 2.61. The highest BCUT2D eigenvalue weighted by molar-refractivity contribution is 5.57. The molecule has 1 atom stereocenters. The quantitative estimate of drug-likeness (QED) is 0.875. The van der Waals surface area contributed by atoms with Crippen molar-refractivity contribution in [1.29, 1.82) is 0 Å². The Labute approximate surface area is 107 Å². The summed E-state index contributed by atoms with van der Waals surface area (Å²) in [4.78, 5) is 9.11. The number of nitrogens with one attached hydrogen (secondary N) is 1. The second-order valence-corrected chi connectivity index (χ2v) is 4.74. The number of hydrogen-bond donors (Lipinski definition) is 1. The number of aromatic nitrogens is 2. The average Bonchev–Trinajstić information content (AvgIpc) is 2.49. The Morgan fingerprint density at radius 3 is 2.61 bits per heavy atom. The van der Waals surface area contributed by atoms with Crippen LogP contribution >= 0.6 is 0 Å². The van der Waals surface area contributed by atoms with E-state index in [-0.39, 0.29) is 0 Å². The Morgan fingerprint density at radius 2 is 1.94 bits per heavy atom. The van der Waals surface area contributed by atoms with Gasteiger partial charge in [0, 0.05) is 24.2 Å². The molecule has 1 fully saturated rings. The van der Waals surface area contributed by atoms with Crippen LogP contribution in [0.4, 0.5) is 0 Å². The molecule has 0 amide bonds. The third-order valence-corrected chi connectivity index (χ3v) is 3.46. The molecule has 3 rings (SSSR count). The predicted molar refractivity (Wildman–Crippen MR) is 72.3 cm³/mol. The van der Waals surface area contributed by atoms with Crippen molar-refractivity contribution in [1.82, 2.24) is 15.3 Å². The lowest BCUT2D eigenvalue weighted by molar-refractivity contribution is 0.454. The standard InChI is InChI=1S/C15H17N3/c1-2-5-12(6-3-1)14-10-18-15(11-17-14)13-7-4-8-16-9-13/h1-3,5-6,10-11,13,16H,4,7-9H2/t13-/m0/s1. The van der Waals surface area contributed by atoms with Crippen LogP contribution in [0.1, 0.15) is 24.5 Å². The summed E-state index contributed by atoms with van der Waals surface area (Å²) in [5.41, 5.74) is 3.18. The van der Waals surface area contributed by atoms with Crippen LogP contribution in [0.2, 0.25) is 0 Å². The number of piperidine rings is 1. The fraction of sp³-hybridized carbons (Fsp3) is 0.333. The Morgan fingerprint density at radius 1 is 1.06 bits per heavy atom. The van der Waals surface area contributed by atoms with Gasteiger partial charge in [-0.25, -0.2) is 0 Å². The molecule has 1 aliphatic heterocycles. The molecule has 18 heavy (non-hydrogen) atoms. The molecule has 1 aromatic carbocycles. The summed E-state index contributed by atoms with van der Waals surface area (Å²) in [6.07, 6.45) is 6.26. The summed E-state index contributed by atoms with van der Waals surface area (Å²) in [7, 11) is 0. The van der Waals surface area contributed by atoms with Gasteiger partial charge < -0.3 is 5.32 Å². The normalized spacial score (nSPS) is 19.7. The highest BCUT2D eigenvalue weighted by Crippen LogP contribution is 2.22. The summed E-state index contributed by atoms with van der Waals surface area (Å²) < 4.78 is 0. The smallest absolute Gasteiger partial charge is 0.0885 e. The van der Waals surface area contributed by atoms with E-state index < -0.39 is 0 Å². The highest BCUT2D eigenvalue weighted by Gasteiger charge is 2.16. The second kappa shape index (κ2) is 5.27. The van der Waals surface area contributed by atoms with Gasteiger partial charge in [0.05, 0.1) is 17.6 Å². The molecule has 3 nitrogen and oxygen atoms in total. The molecule has 1 aliphatic rings. The molecule has 0 bridgehead atoms. The van der Waals surface area contributed by atoms with Gasteiger partial charge in [0.25, 0.3) is 0 Å². The van der Waals surface area contributed by atoms with Crippen LogP contribution in [0.5, 0.6) is 0 Å². The lowest BCUT2D eigenvalue weighted by Gasteiger charge is -2.21. The third-order valence-electron chi connectivity index (χ3n) is 3.46. The lowest BCUT2D eigenvalue weighted by Crippen LogP contribution is -2.28. The van der Waals surface area contributed by atoms with E-state index in [1.807, 2.05) is 30.6 Å². The van der Waals surface area contributed by atoms with Gasteiger partial charge in [0.2, 0.25) is 0 Å². The van der Waals surface area contributed by atoms with Crippen molar-refractivity contribution in [2.45, 2.75) is 18.8 Å². The highest BCUT2D eigenvalue weighted by atomic mass is 14.9. The maximum atomic E-state index is 4.58. The zero-order chi connectivity index (χ0) is 12.2. The topological polar surface area (TPSA) is 37.8 Å². The average molecular weight is 239 g/mol. The van der Waals surface area contributed by atoms with Crippen LogP contribution in [0, 0.1) is 0 Å². The van der Waals surface area contributed by atoms with Gasteiger partial charge >= 0.3 is 0 Å². The number of rotatable bonds is 2. The number of hydrogen-bond acceptors (Lipinski definition) is 3. The Kier molecular flexibility index (Phi) is 3.33. The zero-order valence-corrected chi connectivity index (χ0v) is 10.3. The molecule has 2 heterocycles. The van der Waals surface area contributed by atoms with Crippen molar-refractivity contribution in [3.05, 3.63) is 48.4 Å². The van der Waals surface area contributed by atoms with Gasteiger partial charge in [-0.2, -0.15) is 0 Å². The van der Waals surface area contributed by atoms with Crippen LogP contribution in [0.3, 0.4) is 0 Å². The summed E-state index contributed by atoms with van der Waals surface area (Å²) in [6.45, 7) is 2.16. The molecule has 0 radical (unpaired) electrons. The van der Waals surface area contributed by atoms with E-state index in [1.165, 1.54) is 12.8 Å². The SMILES string of the molecule is c1ccc(-c2cnc([C@H]3CCCNC3)cn2)cc1. The van der Waals surface area contributed by atoms with Gasteiger partial charge in [0.15, 0.2) is 0 Å². The Balaban J connectivity index is 1.80. The van der Waals surface area contributed by atoms with Crippen molar-refractivity contribution in [3.63, 3.8) is 0 Å². The maximum Gasteiger partial charge on any atom is 0.0885 e. The molecule has 0 saturated carbocycles. The van der Waals surface area contributed by atoms with Crippen molar-refractivity contribution in [2.75, 3.05) is 13.1 Å². The molecule has 3 heteroatoms. The first-order chi connectivity index (χ1) is 8.93. The van der Waals surface area contributed by atoms with Gasteiger partial charge in [0.1, 0.15) is 0 Å². The number of nitrogens with zero attached hydrogens (tertiary/aromatic N) is 2. The minimum absolute atomic E-state index is 0.524. The molecule has 0 spiro atoms. The maximum absolute atomic E-state index is 4.58. The van der Waals surface area contributed by atoms with E-state index in [9.17, 15) is 0 Å². The van der Waals surface area contributed by atoms with Crippen LogP contribution < -0.4 is 5.32 Å². The molecule has 0 aliphatic carbocycles. The van der Waals surface area contributed by atoms with E-state index in [1.54, 1.807) is 0 Å². The van der Waals surface area contributed by atoms with Crippen LogP contribution in [0.15, 0.2) is 42.7 Å². The fourth-order valence-corrected chi connectivity index (χ4v) is 2.41. The molecule has 0 unspecified atom stereocenters. The van der Waals surface area contributed by atoms with E-state index in [0.29, 0.717) is 5.92 Å². The lowest BCUT2D eigenvalue weighted by atomic mass is 9.96. The molecule has 2 aromatic rings. The Bertz CT molecular complexity index is 487. The zero-order valence-electron chi connectivity index (χ0n) is 10.3. The van der Waals surface area contributed by atoms with Gasteiger partial charge in [-0.15, -0.1) is 0 Å². The van der Waals surface area contributed by atoms with Crippen molar-refractivity contribution in [3.8, 4) is 11.3 Å². The van der Waals surface area contributed by atoms with E-state index in [4.69, 9.17) is 0 Å². The second-order valence-electron chi connectivity index (χ2n) is 4.74. The minimum atomic E-state index is 0.524. The van der Waals surface area contributed by atoms with Gasteiger partial charge in [-0.05, 0) is 19.4 Å². The summed E-state index contributed by atoms with van der Waals surface area (Å²) in [5.74, 6) is 0.524. The van der Waals surface area contributed by atoms with Crippen molar-refractivity contribution < 1.29 is 0 Å². The molecule has 92 valence electrons. The summed E-state index contributed by atoms with van der Waals surface area (Å²) >= 11 is 0. The van der Waals surface area contributed by atoms with E-state index >= 15 is 0 Å². The number of benzene rings is 1. The summed E-state index contributed by atoms with van der Waals surface area (Å²) in [6, 6.07) is 10.2. The van der Waals surface area contributed by atoms with E-state index in [2.05, 4.69) is 27.4 Å². The van der Waals surface area contributed by atoms with Crippen molar-refractivity contribution >= 4 is 0 Å². The molecular formula is C15H17N3. The largest absolute Gasteiger partial charge is 0.316 e.